The smallest absolute Gasteiger partial charge is 0.254 e. The number of nitrogens with zero attached hydrogens (tertiary/aromatic N) is 2. The minimum absolute atomic E-state index is 1.02. The fourth-order valence-corrected chi connectivity index (χ4v) is 2.80. The molecule has 0 saturated heterocycles. The van der Waals surface area contributed by atoms with Crippen molar-refractivity contribution in [2.24, 2.45) is 0 Å². The number of aryl methyl sites for hydroxylation is 2. The van der Waals surface area contributed by atoms with Crippen LogP contribution in [0.1, 0.15) is 19.7 Å². The highest BCUT2D eigenvalue weighted by molar-refractivity contribution is 5.92. The first-order valence-electron chi connectivity index (χ1n) is 6.26. The maximum atomic E-state index is 3.29. The summed E-state index contributed by atoms with van der Waals surface area (Å²) in [4.78, 5) is 3.29. The number of nitrogens with one attached hydrogen (secondary N) is 1. The van der Waals surface area contributed by atoms with Gasteiger partial charge in [-0.1, -0.05) is 0 Å². The maximum Gasteiger partial charge on any atom is 0.254 e. The van der Waals surface area contributed by atoms with E-state index in [9.17, 15) is 0 Å². The molecule has 0 aliphatic carbocycles. The minimum atomic E-state index is 1.02. The molecule has 3 heteroatoms. The standard InChI is InChI=1S/C14H18N3/c1-4-16-10(3)17(5-2)14-9-12-11(6-7-15-12)8-13(14)16/h6-9,15H,4-5H2,1-3H3/q+1. The average Bonchev–Trinajstić information content (AvgIpc) is 2.87. The molecule has 3 nitrogen and oxygen atoms in total. The second kappa shape index (κ2) is 3.62. The molecule has 0 saturated carbocycles. The zero-order valence-electron chi connectivity index (χ0n) is 10.6. The van der Waals surface area contributed by atoms with Gasteiger partial charge < -0.3 is 4.98 Å². The molecule has 17 heavy (non-hydrogen) atoms. The summed E-state index contributed by atoms with van der Waals surface area (Å²) in [5.74, 6) is 1.33. The molecule has 1 N–H and O–H groups in total. The van der Waals surface area contributed by atoms with Gasteiger partial charge in [0.15, 0.2) is 11.0 Å². The summed E-state index contributed by atoms with van der Waals surface area (Å²) in [7, 11) is 0. The van der Waals surface area contributed by atoms with Gasteiger partial charge >= 0.3 is 0 Å². The monoisotopic (exact) mass is 228 g/mol. The molecule has 0 amide bonds. The molecular formula is C14H18N3+. The summed E-state index contributed by atoms with van der Waals surface area (Å²) in [6, 6.07) is 6.67. The highest BCUT2D eigenvalue weighted by Gasteiger charge is 2.19. The second-order valence-electron chi connectivity index (χ2n) is 4.44. The van der Waals surface area contributed by atoms with Crippen LogP contribution in [-0.4, -0.2) is 9.55 Å². The molecule has 0 aliphatic heterocycles. The van der Waals surface area contributed by atoms with Gasteiger partial charge in [0.05, 0.1) is 13.1 Å². The lowest BCUT2D eigenvalue weighted by molar-refractivity contribution is -0.674. The summed E-state index contributed by atoms with van der Waals surface area (Å²) in [6.45, 7) is 8.63. The number of aromatic nitrogens is 3. The van der Waals surface area contributed by atoms with Crippen molar-refractivity contribution in [3.63, 3.8) is 0 Å². The fourth-order valence-electron chi connectivity index (χ4n) is 2.80. The molecule has 0 unspecified atom stereocenters. The Kier molecular flexibility index (Phi) is 2.21. The van der Waals surface area contributed by atoms with Crippen molar-refractivity contribution >= 4 is 21.9 Å². The van der Waals surface area contributed by atoms with Crippen LogP contribution in [0.3, 0.4) is 0 Å². The number of imidazole rings is 1. The lowest BCUT2D eigenvalue weighted by Crippen LogP contribution is -2.35. The SMILES string of the molecule is CCn1c(C)[n+](CC)c2cc3[nH]ccc3cc21. The molecule has 0 bridgehead atoms. The number of benzene rings is 1. The molecule has 0 aliphatic rings. The Hall–Kier alpha value is -1.77. The Morgan fingerprint density at radius 1 is 1.29 bits per heavy atom. The molecular weight excluding hydrogens is 210 g/mol. The molecule has 0 fully saturated rings. The Balaban J connectivity index is 2.49. The number of H-pyrrole nitrogens is 1. The Morgan fingerprint density at radius 2 is 2.12 bits per heavy atom. The van der Waals surface area contributed by atoms with Crippen molar-refractivity contribution in [2.45, 2.75) is 33.9 Å². The van der Waals surface area contributed by atoms with Gasteiger partial charge in [0.1, 0.15) is 0 Å². The van der Waals surface area contributed by atoms with Crippen LogP contribution in [0.4, 0.5) is 0 Å². The van der Waals surface area contributed by atoms with Crippen molar-refractivity contribution in [3.8, 4) is 0 Å². The van der Waals surface area contributed by atoms with E-state index in [1.54, 1.807) is 0 Å². The highest BCUT2D eigenvalue weighted by Crippen LogP contribution is 2.21. The predicted octanol–water partition coefficient (Wildman–Crippen LogP) is 2.76. The van der Waals surface area contributed by atoms with Crippen molar-refractivity contribution in [2.75, 3.05) is 0 Å². The van der Waals surface area contributed by atoms with E-state index in [0.29, 0.717) is 0 Å². The fraction of sp³-hybridized carbons (Fsp3) is 0.357. The average molecular weight is 228 g/mol. The van der Waals surface area contributed by atoms with Crippen molar-refractivity contribution < 1.29 is 4.57 Å². The molecule has 1 aromatic carbocycles. The van der Waals surface area contributed by atoms with Gasteiger partial charge in [-0.15, -0.1) is 0 Å². The van der Waals surface area contributed by atoms with Crippen molar-refractivity contribution in [1.82, 2.24) is 9.55 Å². The number of aromatic amines is 1. The van der Waals surface area contributed by atoms with Crippen LogP contribution in [-0.2, 0) is 13.1 Å². The summed E-state index contributed by atoms with van der Waals surface area (Å²) in [5.41, 5.74) is 3.87. The lowest BCUT2D eigenvalue weighted by atomic mass is 10.2. The van der Waals surface area contributed by atoms with Crippen LogP contribution in [0.25, 0.3) is 21.9 Å². The van der Waals surface area contributed by atoms with E-state index in [1.807, 2.05) is 6.20 Å². The van der Waals surface area contributed by atoms with Crippen LogP contribution in [0.15, 0.2) is 24.4 Å². The summed E-state index contributed by atoms with van der Waals surface area (Å²) >= 11 is 0. The van der Waals surface area contributed by atoms with E-state index >= 15 is 0 Å². The molecule has 88 valence electrons. The van der Waals surface area contributed by atoms with E-state index < -0.39 is 0 Å². The number of rotatable bonds is 2. The Labute approximate surface area is 101 Å². The third-order valence-corrected chi connectivity index (χ3v) is 3.64. The Bertz CT molecular complexity index is 632. The number of hydrogen-bond donors (Lipinski definition) is 1. The zero-order chi connectivity index (χ0) is 12.0. The topological polar surface area (TPSA) is 24.6 Å². The van der Waals surface area contributed by atoms with Crippen molar-refractivity contribution in [3.05, 3.63) is 30.2 Å². The van der Waals surface area contributed by atoms with Crippen LogP contribution in [0.2, 0.25) is 0 Å². The van der Waals surface area contributed by atoms with E-state index in [0.717, 1.165) is 13.1 Å². The largest absolute Gasteiger partial charge is 0.361 e. The Morgan fingerprint density at radius 3 is 2.82 bits per heavy atom. The van der Waals surface area contributed by atoms with E-state index in [-0.39, 0.29) is 0 Å². The molecule has 3 rings (SSSR count). The number of fused-ring (bicyclic) bond motifs is 2. The normalized spacial score (nSPS) is 11.7. The molecule has 3 aromatic rings. The summed E-state index contributed by atoms with van der Waals surface area (Å²) < 4.78 is 4.75. The van der Waals surface area contributed by atoms with Crippen molar-refractivity contribution in [1.29, 1.82) is 0 Å². The first-order chi connectivity index (χ1) is 8.26. The van der Waals surface area contributed by atoms with Gasteiger partial charge in [-0.3, -0.25) is 0 Å². The van der Waals surface area contributed by atoms with E-state index in [1.165, 1.54) is 27.8 Å². The van der Waals surface area contributed by atoms with Crippen LogP contribution < -0.4 is 4.57 Å². The highest BCUT2D eigenvalue weighted by atomic mass is 15.2. The zero-order valence-corrected chi connectivity index (χ0v) is 10.6. The van der Waals surface area contributed by atoms with Crippen LogP contribution >= 0.6 is 0 Å². The second-order valence-corrected chi connectivity index (χ2v) is 4.44. The maximum absolute atomic E-state index is 3.29. The van der Waals surface area contributed by atoms with E-state index in [2.05, 4.69) is 53.1 Å². The molecule has 0 spiro atoms. The molecule has 2 heterocycles. The van der Waals surface area contributed by atoms with E-state index in [4.69, 9.17) is 0 Å². The first kappa shape index (κ1) is 10.4. The third kappa shape index (κ3) is 1.32. The lowest BCUT2D eigenvalue weighted by Gasteiger charge is -1.94. The molecule has 2 aromatic heterocycles. The van der Waals surface area contributed by atoms with Gasteiger partial charge in [-0.2, -0.15) is 0 Å². The van der Waals surface area contributed by atoms with Gasteiger partial charge in [-0.25, -0.2) is 9.13 Å². The molecule has 0 radical (unpaired) electrons. The van der Waals surface area contributed by atoms with Gasteiger partial charge in [0, 0.05) is 30.1 Å². The number of hydrogen-bond acceptors (Lipinski definition) is 0. The van der Waals surface area contributed by atoms with Gasteiger partial charge in [0.2, 0.25) is 0 Å². The van der Waals surface area contributed by atoms with Gasteiger partial charge in [-0.05, 0) is 26.0 Å². The third-order valence-electron chi connectivity index (χ3n) is 3.64. The molecule has 0 atom stereocenters. The van der Waals surface area contributed by atoms with Crippen LogP contribution in [0.5, 0.6) is 0 Å². The summed E-state index contributed by atoms with van der Waals surface area (Å²) in [6.07, 6.45) is 2.00. The van der Waals surface area contributed by atoms with Gasteiger partial charge in [0.25, 0.3) is 5.82 Å². The first-order valence-corrected chi connectivity index (χ1v) is 6.26. The minimum Gasteiger partial charge on any atom is -0.361 e. The quantitative estimate of drug-likeness (QED) is 0.652. The van der Waals surface area contributed by atoms with Crippen LogP contribution in [0, 0.1) is 6.92 Å². The summed E-state index contributed by atoms with van der Waals surface area (Å²) in [5, 5.41) is 1.29. The predicted molar refractivity (Wildman–Crippen MR) is 70.1 cm³/mol.